The summed E-state index contributed by atoms with van der Waals surface area (Å²) in [7, 11) is 3.18. The third-order valence-corrected chi connectivity index (χ3v) is 2.94. The molecule has 6 heteroatoms. The van der Waals surface area contributed by atoms with Crippen LogP contribution in [0.15, 0.2) is 24.4 Å². The Hall–Kier alpha value is -1.66. The van der Waals surface area contributed by atoms with E-state index >= 15 is 0 Å². The van der Waals surface area contributed by atoms with Gasteiger partial charge < -0.3 is 19.5 Å². The van der Waals surface area contributed by atoms with E-state index in [1.54, 1.807) is 20.4 Å². The number of carbonyl (C=O) groups excluding carboxylic acids is 1. The smallest absolute Gasteiger partial charge is 0.407 e. The number of rotatable bonds is 7. The minimum Gasteiger partial charge on any atom is -0.444 e. The predicted octanol–water partition coefficient (Wildman–Crippen LogP) is 2.18. The maximum atomic E-state index is 12.0. The number of aromatic nitrogens is 1. The Bertz CT molecular complexity index is 445. The predicted molar refractivity (Wildman–Crippen MR) is 83.8 cm³/mol. The Kier molecular flexibility index (Phi) is 7.27. The van der Waals surface area contributed by atoms with Gasteiger partial charge >= 0.3 is 6.09 Å². The van der Waals surface area contributed by atoms with Crippen LogP contribution >= 0.6 is 0 Å². The number of pyridine rings is 1. The number of carbonyl (C=O) groups is 1. The van der Waals surface area contributed by atoms with E-state index in [0.29, 0.717) is 13.0 Å². The van der Waals surface area contributed by atoms with E-state index in [1.165, 1.54) is 0 Å². The van der Waals surface area contributed by atoms with Crippen molar-refractivity contribution in [3.63, 3.8) is 0 Å². The number of alkyl carbamates (subject to hydrolysis) is 1. The van der Waals surface area contributed by atoms with Gasteiger partial charge in [0.05, 0.1) is 12.6 Å². The lowest BCUT2D eigenvalue weighted by atomic mass is 10.1. The average molecular weight is 310 g/mol. The van der Waals surface area contributed by atoms with E-state index in [1.807, 2.05) is 39.0 Å². The Balaban J connectivity index is 2.79. The maximum absolute atomic E-state index is 12.0. The lowest BCUT2D eigenvalue weighted by Gasteiger charge is -2.28. The second-order valence-electron chi connectivity index (χ2n) is 6.01. The fourth-order valence-electron chi connectivity index (χ4n) is 1.99. The van der Waals surface area contributed by atoms with Gasteiger partial charge in [0.25, 0.3) is 0 Å². The molecular weight excluding hydrogens is 284 g/mol. The molecule has 1 heterocycles. The molecule has 6 nitrogen and oxygen atoms in total. The molecule has 0 unspecified atom stereocenters. The molecular formula is C16H26N2O4. The van der Waals surface area contributed by atoms with Gasteiger partial charge in [0.2, 0.25) is 0 Å². The van der Waals surface area contributed by atoms with Crippen molar-refractivity contribution in [2.24, 2.45) is 0 Å². The molecule has 0 bridgehead atoms. The van der Waals surface area contributed by atoms with Crippen LogP contribution in [0.5, 0.6) is 0 Å². The minimum atomic E-state index is -0.552. The Morgan fingerprint density at radius 2 is 2.05 bits per heavy atom. The standard InChI is InChI=1S/C16H26N2O4/c1-16(2,3)22-15(19)18-13(14(21-5)11-20-4)10-12-8-6-7-9-17-12/h6-9,13-14H,10-11H2,1-5H3,(H,18,19)/t13-,14-/m1/s1. The quantitative estimate of drug-likeness (QED) is 0.836. The first-order chi connectivity index (χ1) is 10.4. The van der Waals surface area contributed by atoms with Crippen molar-refractivity contribution in [3.05, 3.63) is 30.1 Å². The van der Waals surface area contributed by atoms with Gasteiger partial charge in [-0.1, -0.05) is 6.07 Å². The molecule has 2 atom stereocenters. The van der Waals surface area contributed by atoms with Gasteiger partial charge in [0.1, 0.15) is 11.7 Å². The van der Waals surface area contributed by atoms with Crippen molar-refractivity contribution in [1.82, 2.24) is 10.3 Å². The van der Waals surface area contributed by atoms with Crippen LogP contribution < -0.4 is 5.32 Å². The van der Waals surface area contributed by atoms with Crippen LogP contribution in [0.25, 0.3) is 0 Å². The number of nitrogens with one attached hydrogen (secondary N) is 1. The highest BCUT2D eigenvalue weighted by atomic mass is 16.6. The minimum absolute atomic E-state index is 0.292. The molecule has 124 valence electrons. The highest BCUT2D eigenvalue weighted by Gasteiger charge is 2.26. The molecule has 0 saturated heterocycles. The van der Waals surface area contributed by atoms with Crippen molar-refractivity contribution in [2.45, 2.75) is 44.9 Å². The molecule has 0 aromatic carbocycles. The molecule has 1 amide bonds. The largest absolute Gasteiger partial charge is 0.444 e. The summed E-state index contributed by atoms with van der Waals surface area (Å²) < 4.78 is 15.9. The molecule has 1 N–H and O–H groups in total. The van der Waals surface area contributed by atoms with Crippen LogP contribution in [0.1, 0.15) is 26.5 Å². The average Bonchev–Trinajstić information content (AvgIpc) is 2.43. The van der Waals surface area contributed by atoms with Gasteiger partial charge in [-0.3, -0.25) is 4.98 Å². The van der Waals surface area contributed by atoms with E-state index in [9.17, 15) is 4.79 Å². The summed E-state index contributed by atoms with van der Waals surface area (Å²) in [5.41, 5.74) is 0.311. The Morgan fingerprint density at radius 1 is 1.32 bits per heavy atom. The summed E-state index contributed by atoms with van der Waals surface area (Å²) >= 11 is 0. The van der Waals surface area contributed by atoms with Crippen LogP contribution in [0.3, 0.4) is 0 Å². The number of hydrogen-bond acceptors (Lipinski definition) is 5. The van der Waals surface area contributed by atoms with Crippen molar-refractivity contribution >= 4 is 6.09 Å². The molecule has 0 aliphatic carbocycles. The summed E-state index contributed by atoms with van der Waals surface area (Å²) in [5.74, 6) is 0. The normalized spacial score (nSPS) is 14.2. The van der Waals surface area contributed by atoms with Crippen molar-refractivity contribution < 1.29 is 19.0 Å². The lowest BCUT2D eigenvalue weighted by molar-refractivity contribution is -0.00165. The number of methoxy groups -OCH3 is 2. The van der Waals surface area contributed by atoms with E-state index in [4.69, 9.17) is 14.2 Å². The van der Waals surface area contributed by atoms with E-state index in [-0.39, 0.29) is 12.1 Å². The lowest BCUT2D eigenvalue weighted by Crippen LogP contribution is -2.49. The zero-order valence-corrected chi connectivity index (χ0v) is 14.0. The van der Waals surface area contributed by atoms with Gasteiger partial charge in [-0.25, -0.2) is 4.79 Å². The van der Waals surface area contributed by atoms with Gasteiger partial charge in [0.15, 0.2) is 0 Å². The molecule has 1 rings (SSSR count). The molecule has 0 aliphatic rings. The van der Waals surface area contributed by atoms with E-state index < -0.39 is 11.7 Å². The fraction of sp³-hybridized carbons (Fsp3) is 0.625. The molecule has 1 aromatic heterocycles. The zero-order valence-electron chi connectivity index (χ0n) is 14.0. The summed E-state index contributed by atoms with van der Waals surface area (Å²) in [5, 5.41) is 2.85. The van der Waals surface area contributed by atoms with Crippen molar-refractivity contribution in [1.29, 1.82) is 0 Å². The molecule has 0 aliphatic heterocycles. The topological polar surface area (TPSA) is 69.7 Å². The van der Waals surface area contributed by atoms with Gasteiger partial charge in [0, 0.05) is 32.5 Å². The SMILES string of the molecule is COC[C@@H](OC)[C@@H](Cc1ccccn1)NC(=O)OC(C)(C)C. The summed E-state index contributed by atoms with van der Waals surface area (Å²) in [6.45, 7) is 5.83. The van der Waals surface area contributed by atoms with Gasteiger partial charge in [-0.05, 0) is 32.9 Å². The second kappa shape index (κ2) is 8.70. The van der Waals surface area contributed by atoms with Crippen LogP contribution in [-0.4, -0.2) is 49.7 Å². The molecule has 22 heavy (non-hydrogen) atoms. The second-order valence-corrected chi connectivity index (χ2v) is 6.01. The maximum Gasteiger partial charge on any atom is 0.407 e. The third kappa shape index (κ3) is 6.87. The van der Waals surface area contributed by atoms with Gasteiger partial charge in [-0.15, -0.1) is 0 Å². The first-order valence-corrected chi connectivity index (χ1v) is 7.27. The van der Waals surface area contributed by atoms with Crippen LogP contribution in [0, 0.1) is 0 Å². The van der Waals surface area contributed by atoms with E-state index in [2.05, 4.69) is 10.3 Å². The van der Waals surface area contributed by atoms with Crippen molar-refractivity contribution in [2.75, 3.05) is 20.8 Å². The number of hydrogen-bond donors (Lipinski definition) is 1. The molecule has 0 saturated carbocycles. The molecule has 0 radical (unpaired) electrons. The summed E-state index contributed by atoms with van der Waals surface area (Å²) in [6.07, 6.45) is 1.48. The highest BCUT2D eigenvalue weighted by molar-refractivity contribution is 5.68. The zero-order chi connectivity index (χ0) is 16.6. The van der Waals surface area contributed by atoms with Crippen LogP contribution in [0.2, 0.25) is 0 Å². The monoisotopic (exact) mass is 310 g/mol. The summed E-state index contributed by atoms with van der Waals surface area (Å²) in [4.78, 5) is 16.3. The molecule has 0 spiro atoms. The first-order valence-electron chi connectivity index (χ1n) is 7.27. The number of nitrogens with zero attached hydrogens (tertiary/aromatic N) is 1. The van der Waals surface area contributed by atoms with Crippen molar-refractivity contribution in [3.8, 4) is 0 Å². The van der Waals surface area contributed by atoms with Gasteiger partial charge in [-0.2, -0.15) is 0 Å². The van der Waals surface area contributed by atoms with Crippen LogP contribution in [-0.2, 0) is 20.6 Å². The first kappa shape index (κ1) is 18.4. The Labute approximate surface area is 132 Å². The molecule has 1 aromatic rings. The summed E-state index contributed by atoms with van der Waals surface area (Å²) in [6, 6.07) is 5.37. The highest BCUT2D eigenvalue weighted by Crippen LogP contribution is 2.10. The van der Waals surface area contributed by atoms with E-state index in [0.717, 1.165) is 5.69 Å². The number of ether oxygens (including phenoxy) is 3. The number of amides is 1. The fourth-order valence-corrected chi connectivity index (χ4v) is 1.99. The Morgan fingerprint density at radius 3 is 2.55 bits per heavy atom. The van der Waals surface area contributed by atoms with Crippen LogP contribution in [0.4, 0.5) is 4.79 Å². The molecule has 0 fully saturated rings. The third-order valence-electron chi connectivity index (χ3n) is 2.94.